The van der Waals surface area contributed by atoms with Crippen molar-refractivity contribution >= 4 is 28.9 Å². The standard InChI is InChI=1S/C28H47NO4.BrH/c1-8-9-18-29(21-27(30)32-19-16-25(6)14-10-12-23(2)3)22-28(31)33-20-17-26(7)15-11-13-24(4)5;/h12-13,16-17H,8-11,14-15,18-22H2,1-7H3;1H/b25-16+,26-17+;. The van der Waals surface area contributed by atoms with Gasteiger partial charge < -0.3 is 9.47 Å². The van der Waals surface area contributed by atoms with Gasteiger partial charge in [0.05, 0.1) is 13.1 Å². The summed E-state index contributed by atoms with van der Waals surface area (Å²) < 4.78 is 10.7. The second-order valence-electron chi connectivity index (χ2n) is 9.17. The highest BCUT2D eigenvalue weighted by molar-refractivity contribution is 8.93. The molecule has 0 fully saturated rings. The largest absolute Gasteiger partial charge is 0.460 e. The van der Waals surface area contributed by atoms with Crippen LogP contribution in [0.1, 0.15) is 87.0 Å². The fraction of sp³-hybridized carbons (Fsp3) is 0.643. The molecule has 0 rings (SSSR count). The van der Waals surface area contributed by atoms with Crippen molar-refractivity contribution in [3.63, 3.8) is 0 Å². The number of halogens is 1. The van der Waals surface area contributed by atoms with Crippen LogP contribution in [0, 0.1) is 0 Å². The van der Waals surface area contributed by atoms with Crippen LogP contribution in [-0.4, -0.2) is 49.7 Å². The number of esters is 2. The summed E-state index contributed by atoms with van der Waals surface area (Å²) in [5.41, 5.74) is 5.03. The van der Waals surface area contributed by atoms with Crippen LogP contribution < -0.4 is 0 Å². The van der Waals surface area contributed by atoms with E-state index in [1.165, 1.54) is 22.3 Å². The topological polar surface area (TPSA) is 55.8 Å². The molecule has 0 atom stereocenters. The molecule has 196 valence electrons. The number of hydrogen-bond donors (Lipinski definition) is 0. The molecule has 0 aromatic carbocycles. The Morgan fingerprint density at radius 1 is 0.706 bits per heavy atom. The lowest BCUT2D eigenvalue weighted by atomic mass is 10.1. The molecule has 0 saturated heterocycles. The molecule has 5 nitrogen and oxygen atoms in total. The Balaban J connectivity index is 0. The fourth-order valence-corrected chi connectivity index (χ4v) is 2.99. The maximum absolute atomic E-state index is 12.3. The summed E-state index contributed by atoms with van der Waals surface area (Å²) in [7, 11) is 0. The lowest BCUT2D eigenvalue weighted by Gasteiger charge is -2.20. The number of rotatable bonds is 17. The molecule has 0 unspecified atom stereocenters. The van der Waals surface area contributed by atoms with Gasteiger partial charge in [-0.3, -0.25) is 14.5 Å². The van der Waals surface area contributed by atoms with Gasteiger partial charge in [0.1, 0.15) is 13.2 Å². The average molecular weight is 543 g/mol. The molecular weight excluding hydrogens is 494 g/mol. The van der Waals surface area contributed by atoms with Crippen LogP contribution in [0.15, 0.2) is 46.6 Å². The molecule has 0 saturated carbocycles. The zero-order valence-electron chi connectivity index (χ0n) is 22.6. The minimum atomic E-state index is -0.317. The monoisotopic (exact) mass is 541 g/mol. The van der Waals surface area contributed by atoms with E-state index in [1.807, 2.05) is 30.9 Å². The Kier molecular flexibility index (Phi) is 22.2. The van der Waals surface area contributed by atoms with Crippen molar-refractivity contribution in [2.75, 3.05) is 32.8 Å². The Morgan fingerprint density at radius 2 is 1.12 bits per heavy atom. The van der Waals surface area contributed by atoms with Crippen molar-refractivity contribution in [3.8, 4) is 0 Å². The highest BCUT2D eigenvalue weighted by Crippen LogP contribution is 2.08. The summed E-state index contributed by atoms with van der Waals surface area (Å²) in [6.45, 7) is 15.9. The number of ether oxygens (including phenoxy) is 2. The third-order valence-corrected chi connectivity index (χ3v) is 5.07. The van der Waals surface area contributed by atoms with Crippen LogP contribution in [0.4, 0.5) is 0 Å². The van der Waals surface area contributed by atoms with Gasteiger partial charge in [0, 0.05) is 0 Å². The summed E-state index contributed by atoms with van der Waals surface area (Å²) in [6.07, 6.45) is 14.1. The Bertz CT molecular complexity index is 643. The molecule has 0 aromatic rings. The Hall–Kier alpha value is -1.66. The van der Waals surface area contributed by atoms with Crippen molar-refractivity contribution < 1.29 is 19.1 Å². The molecule has 0 N–H and O–H groups in total. The number of allylic oxidation sites excluding steroid dienone is 6. The smallest absolute Gasteiger partial charge is 0.320 e. The third kappa shape index (κ3) is 22.1. The fourth-order valence-electron chi connectivity index (χ4n) is 2.99. The highest BCUT2D eigenvalue weighted by Gasteiger charge is 2.15. The van der Waals surface area contributed by atoms with Crippen LogP contribution in [0.5, 0.6) is 0 Å². The number of carbonyl (C=O) groups excluding carboxylic acids is 2. The van der Waals surface area contributed by atoms with Gasteiger partial charge in [-0.1, -0.05) is 47.8 Å². The molecule has 0 aliphatic rings. The SMILES string of the molecule is Br.CCCCN(CC(=O)OC/C=C(\C)CCC=C(C)C)CC(=O)OC/C=C(\C)CCC=C(C)C. The molecule has 0 heterocycles. The van der Waals surface area contributed by atoms with Crippen molar-refractivity contribution in [1.82, 2.24) is 4.90 Å². The number of hydrogen-bond acceptors (Lipinski definition) is 5. The van der Waals surface area contributed by atoms with E-state index in [1.54, 1.807) is 0 Å². The Labute approximate surface area is 219 Å². The van der Waals surface area contributed by atoms with E-state index in [9.17, 15) is 9.59 Å². The summed E-state index contributed by atoms with van der Waals surface area (Å²) in [5.74, 6) is -0.635. The van der Waals surface area contributed by atoms with Gasteiger partial charge in [-0.25, -0.2) is 0 Å². The van der Waals surface area contributed by atoms with Crippen LogP contribution in [0.25, 0.3) is 0 Å². The van der Waals surface area contributed by atoms with Gasteiger partial charge in [-0.15, -0.1) is 17.0 Å². The first-order valence-electron chi connectivity index (χ1n) is 12.3. The van der Waals surface area contributed by atoms with E-state index in [0.29, 0.717) is 6.54 Å². The first-order valence-corrected chi connectivity index (χ1v) is 12.3. The van der Waals surface area contributed by atoms with Crippen molar-refractivity contribution in [1.29, 1.82) is 0 Å². The van der Waals surface area contributed by atoms with E-state index in [-0.39, 0.29) is 55.2 Å². The Morgan fingerprint density at radius 3 is 1.47 bits per heavy atom. The summed E-state index contributed by atoms with van der Waals surface area (Å²) in [4.78, 5) is 26.3. The predicted octanol–water partition coefficient (Wildman–Crippen LogP) is 7.14. The van der Waals surface area contributed by atoms with Crippen molar-refractivity contribution in [3.05, 3.63) is 46.6 Å². The van der Waals surface area contributed by atoms with Gasteiger partial charge in [0.2, 0.25) is 0 Å². The molecule has 34 heavy (non-hydrogen) atoms. The van der Waals surface area contributed by atoms with Crippen LogP contribution in [0.3, 0.4) is 0 Å². The summed E-state index contributed by atoms with van der Waals surface area (Å²) in [6, 6.07) is 0. The van der Waals surface area contributed by atoms with Crippen molar-refractivity contribution in [2.45, 2.75) is 87.0 Å². The van der Waals surface area contributed by atoms with Crippen LogP contribution >= 0.6 is 17.0 Å². The number of nitrogens with zero attached hydrogens (tertiary/aromatic N) is 1. The minimum absolute atomic E-state index is 0. The molecule has 6 heteroatoms. The second-order valence-corrected chi connectivity index (χ2v) is 9.17. The molecule has 0 spiro atoms. The van der Waals surface area contributed by atoms with E-state index in [4.69, 9.17) is 9.47 Å². The molecular formula is C28H48BrNO4. The molecule has 0 aliphatic carbocycles. The normalized spacial score (nSPS) is 11.5. The lowest BCUT2D eigenvalue weighted by molar-refractivity contribution is -0.147. The summed E-state index contributed by atoms with van der Waals surface area (Å²) >= 11 is 0. The maximum atomic E-state index is 12.3. The first kappa shape index (κ1) is 34.5. The van der Waals surface area contributed by atoms with Gasteiger partial charge in [0.25, 0.3) is 0 Å². The van der Waals surface area contributed by atoms with E-state index < -0.39 is 0 Å². The minimum Gasteiger partial charge on any atom is -0.460 e. The van der Waals surface area contributed by atoms with E-state index in [0.717, 1.165) is 38.5 Å². The predicted molar refractivity (Wildman–Crippen MR) is 148 cm³/mol. The molecule has 0 aromatic heterocycles. The molecule has 0 aliphatic heterocycles. The van der Waals surface area contributed by atoms with E-state index >= 15 is 0 Å². The van der Waals surface area contributed by atoms with Crippen molar-refractivity contribution in [2.24, 2.45) is 0 Å². The summed E-state index contributed by atoms with van der Waals surface area (Å²) in [5, 5.41) is 0. The number of unbranched alkanes of at least 4 members (excludes halogenated alkanes) is 1. The average Bonchev–Trinajstić information content (AvgIpc) is 2.71. The molecule has 0 bridgehead atoms. The number of carbonyl (C=O) groups is 2. The zero-order valence-corrected chi connectivity index (χ0v) is 24.3. The lowest BCUT2D eigenvalue weighted by Crippen LogP contribution is -2.36. The van der Waals surface area contributed by atoms with Gasteiger partial charge in [0.15, 0.2) is 0 Å². The van der Waals surface area contributed by atoms with Crippen LogP contribution in [0.2, 0.25) is 0 Å². The molecule has 0 radical (unpaired) electrons. The third-order valence-electron chi connectivity index (χ3n) is 5.07. The second kappa shape index (κ2) is 21.8. The van der Waals surface area contributed by atoms with Gasteiger partial charge in [-0.2, -0.15) is 0 Å². The maximum Gasteiger partial charge on any atom is 0.320 e. The van der Waals surface area contributed by atoms with E-state index in [2.05, 4.69) is 46.8 Å². The van der Waals surface area contributed by atoms with Gasteiger partial charge in [-0.05, 0) is 92.3 Å². The van der Waals surface area contributed by atoms with Crippen LogP contribution in [-0.2, 0) is 19.1 Å². The zero-order chi connectivity index (χ0) is 25.1. The molecule has 0 amide bonds. The first-order chi connectivity index (χ1) is 15.6. The highest BCUT2D eigenvalue weighted by atomic mass is 79.9. The van der Waals surface area contributed by atoms with Gasteiger partial charge >= 0.3 is 11.9 Å². The quantitative estimate of drug-likeness (QED) is 0.144.